The van der Waals surface area contributed by atoms with E-state index in [1.165, 1.54) is 5.57 Å². The Balaban J connectivity index is 2.88. The summed E-state index contributed by atoms with van der Waals surface area (Å²) in [5.41, 5.74) is 2.32. The minimum Gasteiger partial charge on any atom is -0.490 e. The maximum absolute atomic E-state index is 5.57. The van der Waals surface area contributed by atoms with Crippen molar-refractivity contribution in [2.45, 2.75) is 20.8 Å². The second kappa shape index (κ2) is 4.89. The molecule has 78 valence electrons. The molecular formula is C12H19NO. The first-order valence-corrected chi connectivity index (χ1v) is 5.06. The van der Waals surface area contributed by atoms with E-state index in [0.717, 1.165) is 24.6 Å². The Bertz CT molecular complexity index is 274. The van der Waals surface area contributed by atoms with Gasteiger partial charge in [-0.15, -0.1) is 0 Å². The zero-order valence-electron chi connectivity index (χ0n) is 9.26. The average Bonchev–Trinajstić information content (AvgIpc) is 2.18. The van der Waals surface area contributed by atoms with Crippen molar-refractivity contribution in [1.82, 2.24) is 5.32 Å². The van der Waals surface area contributed by atoms with Crippen LogP contribution in [0.5, 0.6) is 0 Å². The molecule has 2 heteroatoms. The highest BCUT2D eigenvalue weighted by molar-refractivity contribution is 5.30. The van der Waals surface area contributed by atoms with Crippen LogP contribution in [0.4, 0.5) is 0 Å². The molecule has 0 unspecified atom stereocenters. The monoisotopic (exact) mass is 193 g/mol. The van der Waals surface area contributed by atoms with E-state index in [2.05, 4.69) is 38.7 Å². The predicted octanol–water partition coefficient (Wildman–Crippen LogP) is 2.61. The van der Waals surface area contributed by atoms with Crippen LogP contribution in [0.2, 0.25) is 0 Å². The van der Waals surface area contributed by atoms with Crippen molar-refractivity contribution in [3.05, 3.63) is 35.8 Å². The maximum Gasteiger partial charge on any atom is 0.142 e. The van der Waals surface area contributed by atoms with E-state index in [1.807, 2.05) is 0 Å². The molecular weight excluding hydrogens is 174 g/mol. The van der Waals surface area contributed by atoms with Crippen molar-refractivity contribution in [1.29, 1.82) is 0 Å². The molecule has 1 N–H and O–H groups in total. The lowest BCUT2D eigenvalue weighted by Gasteiger charge is -2.20. The smallest absolute Gasteiger partial charge is 0.142 e. The first-order chi connectivity index (χ1) is 6.65. The van der Waals surface area contributed by atoms with Gasteiger partial charge in [0.15, 0.2) is 0 Å². The fourth-order valence-electron chi connectivity index (χ4n) is 1.18. The van der Waals surface area contributed by atoms with E-state index in [1.54, 1.807) is 6.08 Å². The van der Waals surface area contributed by atoms with Crippen molar-refractivity contribution in [2.75, 3.05) is 13.2 Å². The number of rotatable bonds is 3. The van der Waals surface area contributed by atoms with E-state index in [0.29, 0.717) is 5.92 Å². The van der Waals surface area contributed by atoms with E-state index in [9.17, 15) is 0 Å². The first-order valence-electron chi connectivity index (χ1n) is 5.06. The van der Waals surface area contributed by atoms with Gasteiger partial charge in [-0.1, -0.05) is 26.0 Å². The van der Waals surface area contributed by atoms with Crippen LogP contribution in [0.3, 0.4) is 0 Å². The quantitative estimate of drug-likeness (QED) is 0.744. The molecule has 1 aliphatic heterocycles. The second-order valence-electron chi connectivity index (χ2n) is 3.80. The summed E-state index contributed by atoms with van der Waals surface area (Å²) in [4.78, 5) is 0. The summed E-state index contributed by atoms with van der Waals surface area (Å²) in [6, 6.07) is 0. The normalized spacial score (nSPS) is 17.9. The van der Waals surface area contributed by atoms with Crippen LogP contribution >= 0.6 is 0 Å². The van der Waals surface area contributed by atoms with Crippen LogP contribution in [0, 0.1) is 5.92 Å². The largest absolute Gasteiger partial charge is 0.490 e. The highest BCUT2D eigenvalue weighted by atomic mass is 16.5. The lowest BCUT2D eigenvalue weighted by molar-refractivity contribution is 0.205. The average molecular weight is 193 g/mol. The number of ether oxygens (including phenoxy) is 1. The van der Waals surface area contributed by atoms with Crippen LogP contribution in [0.1, 0.15) is 20.8 Å². The Hall–Kier alpha value is -1.18. The lowest BCUT2D eigenvalue weighted by atomic mass is 10.0. The van der Waals surface area contributed by atoms with Gasteiger partial charge in [0.05, 0.1) is 5.70 Å². The molecule has 1 heterocycles. The maximum atomic E-state index is 5.57. The van der Waals surface area contributed by atoms with E-state index >= 15 is 0 Å². The number of allylic oxidation sites excluding steroid dienone is 3. The van der Waals surface area contributed by atoms with E-state index in [-0.39, 0.29) is 0 Å². The lowest BCUT2D eigenvalue weighted by Crippen LogP contribution is -2.25. The number of hydrogen-bond donors (Lipinski definition) is 1. The summed E-state index contributed by atoms with van der Waals surface area (Å²) in [6.07, 6.45) is 3.90. The van der Waals surface area contributed by atoms with Gasteiger partial charge in [-0.25, -0.2) is 0 Å². The van der Waals surface area contributed by atoms with Gasteiger partial charge in [-0.2, -0.15) is 0 Å². The van der Waals surface area contributed by atoms with Gasteiger partial charge < -0.3 is 10.1 Å². The van der Waals surface area contributed by atoms with Crippen LogP contribution in [-0.4, -0.2) is 13.2 Å². The van der Waals surface area contributed by atoms with Gasteiger partial charge in [-0.05, 0) is 25.0 Å². The first kappa shape index (κ1) is 10.9. The summed E-state index contributed by atoms with van der Waals surface area (Å²) in [5, 5.41) is 3.26. The number of nitrogens with one attached hydrogen (secondary N) is 1. The van der Waals surface area contributed by atoms with E-state index < -0.39 is 0 Å². The van der Waals surface area contributed by atoms with Crippen molar-refractivity contribution in [2.24, 2.45) is 5.92 Å². The summed E-state index contributed by atoms with van der Waals surface area (Å²) in [6.45, 7) is 11.8. The Morgan fingerprint density at radius 1 is 1.57 bits per heavy atom. The molecule has 14 heavy (non-hydrogen) atoms. The summed E-state index contributed by atoms with van der Waals surface area (Å²) in [7, 11) is 0. The molecule has 0 atom stereocenters. The molecule has 1 rings (SSSR count). The minimum atomic E-state index is 0.555. The highest BCUT2D eigenvalue weighted by Gasteiger charge is 2.09. The topological polar surface area (TPSA) is 21.3 Å². The molecule has 0 saturated carbocycles. The fourth-order valence-corrected chi connectivity index (χ4v) is 1.18. The molecule has 0 aromatic carbocycles. The molecule has 0 radical (unpaired) electrons. The third-order valence-electron chi connectivity index (χ3n) is 2.41. The SMILES string of the molecule is C=CC1=C(/C=C(\C)C(C)C)OCCN1. The zero-order chi connectivity index (χ0) is 10.6. The molecule has 0 fully saturated rings. The Kier molecular flexibility index (Phi) is 3.81. The molecule has 1 aliphatic rings. The van der Waals surface area contributed by atoms with Crippen LogP contribution in [0.25, 0.3) is 0 Å². The van der Waals surface area contributed by atoms with Gasteiger partial charge in [0.2, 0.25) is 0 Å². The Morgan fingerprint density at radius 3 is 2.86 bits per heavy atom. The third-order valence-corrected chi connectivity index (χ3v) is 2.41. The van der Waals surface area contributed by atoms with Crippen molar-refractivity contribution in [3.8, 4) is 0 Å². The van der Waals surface area contributed by atoms with Gasteiger partial charge in [-0.3, -0.25) is 0 Å². The van der Waals surface area contributed by atoms with E-state index in [4.69, 9.17) is 4.74 Å². The summed E-state index contributed by atoms with van der Waals surface area (Å²) >= 11 is 0. The molecule has 2 nitrogen and oxygen atoms in total. The van der Waals surface area contributed by atoms with Gasteiger partial charge in [0.25, 0.3) is 0 Å². The molecule has 0 saturated heterocycles. The molecule has 0 bridgehead atoms. The number of hydrogen-bond acceptors (Lipinski definition) is 2. The van der Waals surface area contributed by atoms with Gasteiger partial charge in [0.1, 0.15) is 12.4 Å². The van der Waals surface area contributed by atoms with Crippen LogP contribution < -0.4 is 5.32 Å². The van der Waals surface area contributed by atoms with Crippen molar-refractivity contribution >= 4 is 0 Å². The third kappa shape index (κ3) is 2.66. The Morgan fingerprint density at radius 2 is 2.29 bits per heavy atom. The van der Waals surface area contributed by atoms with Gasteiger partial charge in [0, 0.05) is 6.54 Å². The second-order valence-corrected chi connectivity index (χ2v) is 3.80. The highest BCUT2D eigenvalue weighted by Crippen LogP contribution is 2.16. The van der Waals surface area contributed by atoms with Crippen LogP contribution in [0.15, 0.2) is 35.8 Å². The summed E-state index contributed by atoms with van der Waals surface area (Å²) in [5.74, 6) is 1.47. The minimum absolute atomic E-state index is 0.555. The molecule has 0 aliphatic carbocycles. The van der Waals surface area contributed by atoms with Gasteiger partial charge >= 0.3 is 0 Å². The van der Waals surface area contributed by atoms with Crippen LogP contribution in [-0.2, 0) is 4.74 Å². The molecule has 0 aromatic rings. The zero-order valence-corrected chi connectivity index (χ0v) is 9.26. The van der Waals surface area contributed by atoms with Crippen molar-refractivity contribution in [3.63, 3.8) is 0 Å². The predicted molar refractivity (Wildman–Crippen MR) is 59.8 cm³/mol. The Labute approximate surface area is 86.3 Å². The molecule has 0 aromatic heterocycles. The molecule has 0 amide bonds. The standard InChI is InChI=1S/C12H19NO/c1-5-11-12(14-7-6-13-11)8-10(4)9(2)3/h5,8-9,13H,1,6-7H2,2-4H3/b10-8+. The summed E-state index contributed by atoms with van der Waals surface area (Å²) < 4.78 is 5.57. The molecule has 0 spiro atoms. The van der Waals surface area contributed by atoms with Crippen molar-refractivity contribution < 1.29 is 4.74 Å². The fraction of sp³-hybridized carbons (Fsp3) is 0.500.